The number of carbonyl (C=O) groups excluding carboxylic acids is 2. The Morgan fingerprint density at radius 3 is 1.62 bits per heavy atom. The van der Waals surface area contributed by atoms with Gasteiger partial charge >= 0.3 is 11.9 Å². The highest BCUT2D eigenvalue weighted by Gasteiger charge is 2.36. The number of hydrogen-bond donors (Lipinski definition) is 0. The van der Waals surface area contributed by atoms with E-state index in [-0.39, 0.29) is 18.0 Å². The van der Waals surface area contributed by atoms with E-state index in [9.17, 15) is 9.59 Å². The SMILES string of the molecule is CCCCC(CC)COC(=O)CCCCCCCCC1OC1CCCCCCCCC(=O)OC(CC)CCCC. The fraction of sp³-hybridized carbons (Fsp3) is 0.943. The molecule has 1 heterocycles. The summed E-state index contributed by atoms with van der Waals surface area (Å²) < 4.78 is 17.0. The maximum atomic E-state index is 12.0. The first-order valence-corrected chi connectivity index (χ1v) is 17.5. The Morgan fingerprint density at radius 2 is 1.10 bits per heavy atom. The molecular weight excluding hydrogens is 500 g/mol. The minimum atomic E-state index is -0.00736. The molecule has 0 spiro atoms. The second-order valence-electron chi connectivity index (χ2n) is 12.3. The van der Waals surface area contributed by atoms with Crippen molar-refractivity contribution in [3.63, 3.8) is 0 Å². The van der Waals surface area contributed by atoms with Gasteiger partial charge in [0, 0.05) is 12.8 Å². The van der Waals surface area contributed by atoms with Crippen molar-refractivity contribution in [3.05, 3.63) is 0 Å². The molecule has 0 saturated carbocycles. The molecule has 1 fully saturated rings. The molecule has 0 aromatic rings. The molecule has 5 heteroatoms. The first-order valence-electron chi connectivity index (χ1n) is 17.5. The fourth-order valence-corrected chi connectivity index (χ4v) is 5.54. The highest BCUT2D eigenvalue weighted by atomic mass is 16.6. The van der Waals surface area contributed by atoms with E-state index < -0.39 is 0 Å². The van der Waals surface area contributed by atoms with E-state index in [0.717, 1.165) is 57.8 Å². The van der Waals surface area contributed by atoms with Crippen LogP contribution in [0.15, 0.2) is 0 Å². The molecule has 4 atom stereocenters. The minimum absolute atomic E-state index is 0.00431. The van der Waals surface area contributed by atoms with Gasteiger partial charge in [-0.05, 0) is 50.9 Å². The highest BCUT2D eigenvalue weighted by molar-refractivity contribution is 5.69. The number of unbranched alkanes of at least 4 members (excludes halogenated alkanes) is 12. The maximum absolute atomic E-state index is 12.0. The molecular formula is C35H66O5. The second kappa shape index (κ2) is 25.6. The number of ether oxygens (including phenoxy) is 3. The number of hydrogen-bond acceptors (Lipinski definition) is 5. The van der Waals surface area contributed by atoms with Crippen LogP contribution >= 0.6 is 0 Å². The van der Waals surface area contributed by atoms with E-state index >= 15 is 0 Å². The van der Waals surface area contributed by atoms with E-state index in [1.807, 2.05) is 0 Å². The highest BCUT2D eigenvalue weighted by Crippen LogP contribution is 2.32. The lowest BCUT2D eigenvalue weighted by Crippen LogP contribution is -2.17. The van der Waals surface area contributed by atoms with E-state index in [0.29, 0.717) is 37.6 Å². The van der Waals surface area contributed by atoms with Gasteiger partial charge in [-0.25, -0.2) is 0 Å². The van der Waals surface area contributed by atoms with Gasteiger partial charge in [-0.1, -0.05) is 124 Å². The maximum Gasteiger partial charge on any atom is 0.306 e. The van der Waals surface area contributed by atoms with Gasteiger partial charge in [0.1, 0.15) is 6.10 Å². The molecule has 5 nitrogen and oxygen atoms in total. The lowest BCUT2D eigenvalue weighted by atomic mass is 10.0. The molecule has 1 saturated heterocycles. The van der Waals surface area contributed by atoms with Gasteiger partial charge in [0.15, 0.2) is 0 Å². The van der Waals surface area contributed by atoms with Gasteiger partial charge in [-0.15, -0.1) is 0 Å². The fourth-order valence-electron chi connectivity index (χ4n) is 5.54. The predicted molar refractivity (Wildman–Crippen MR) is 166 cm³/mol. The predicted octanol–water partition coefficient (Wildman–Crippen LogP) is 10.3. The first-order chi connectivity index (χ1) is 19.5. The van der Waals surface area contributed by atoms with Crippen LogP contribution < -0.4 is 0 Å². The molecule has 0 aliphatic carbocycles. The largest absolute Gasteiger partial charge is 0.465 e. The molecule has 1 aliphatic rings. The van der Waals surface area contributed by atoms with Crippen molar-refractivity contribution in [2.24, 2.45) is 5.92 Å². The molecule has 0 bridgehead atoms. The second-order valence-corrected chi connectivity index (χ2v) is 12.3. The van der Waals surface area contributed by atoms with E-state index in [2.05, 4.69) is 27.7 Å². The average Bonchev–Trinajstić information content (AvgIpc) is 3.71. The minimum Gasteiger partial charge on any atom is -0.465 e. The summed E-state index contributed by atoms with van der Waals surface area (Å²) in [6.07, 6.45) is 27.9. The summed E-state index contributed by atoms with van der Waals surface area (Å²) in [6.45, 7) is 9.29. The first kappa shape index (κ1) is 36.9. The summed E-state index contributed by atoms with van der Waals surface area (Å²) in [4.78, 5) is 24.0. The number of esters is 2. The van der Waals surface area contributed by atoms with Crippen molar-refractivity contribution in [3.8, 4) is 0 Å². The molecule has 0 aromatic carbocycles. The van der Waals surface area contributed by atoms with Gasteiger partial charge in [-0.2, -0.15) is 0 Å². The molecule has 0 amide bonds. The van der Waals surface area contributed by atoms with Crippen LogP contribution in [0, 0.1) is 5.92 Å². The molecule has 1 rings (SSSR count). The third kappa shape index (κ3) is 20.7. The zero-order chi connectivity index (χ0) is 29.3. The quantitative estimate of drug-likeness (QED) is 0.0512. The van der Waals surface area contributed by atoms with Gasteiger partial charge in [0.25, 0.3) is 0 Å². The van der Waals surface area contributed by atoms with Crippen LogP contribution in [0.2, 0.25) is 0 Å². The Morgan fingerprint density at radius 1 is 0.600 bits per heavy atom. The van der Waals surface area contributed by atoms with Gasteiger partial charge in [-0.3, -0.25) is 9.59 Å². The Kier molecular flexibility index (Phi) is 23.6. The zero-order valence-corrected chi connectivity index (χ0v) is 27.0. The summed E-state index contributed by atoms with van der Waals surface area (Å²) in [5, 5.41) is 0. The Labute approximate surface area is 248 Å². The van der Waals surface area contributed by atoms with E-state index in [4.69, 9.17) is 14.2 Å². The Hall–Kier alpha value is -1.10. The summed E-state index contributed by atoms with van der Waals surface area (Å²) in [6, 6.07) is 0. The third-order valence-corrected chi connectivity index (χ3v) is 8.58. The van der Waals surface area contributed by atoms with Crippen LogP contribution in [0.25, 0.3) is 0 Å². The molecule has 236 valence electrons. The summed E-state index contributed by atoms with van der Waals surface area (Å²) in [5.41, 5.74) is 0. The summed E-state index contributed by atoms with van der Waals surface area (Å²) >= 11 is 0. The number of epoxide rings is 1. The van der Waals surface area contributed by atoms with Crippen LogP contribution in [0.5, 0.6) is 0 Å². The van der Waals surface area contributed by atoms with Crippen molar-refractivity contribution in [2.75, 3.05) is 6.61 Å². The summed E-state index contributed by atoms with van der Waals surface area (Å²) in [7, 11) is 0. The standard InChI is InChI=1S/C35H66O5/c1-5-9-23-30(7-3)29-38-34(36)27-21-17-13-11-15-19-25-32-33(40-32)26-20-16-12-14-18-22-28-35(37)39-31(8-4)24-10-6-2/h30-33H,5-29H2,1-4H3. The topological polar surface area (TPSA) is 65.1 Å². The van der Waals surface area contributed by atoms with Crippen LogP contribution in [-0.2, 0) is 23.8 Å². The van der Waals surface area contributed by atoms with E-state index in [1.165, 1.54) is 83.5 Å². The van der Waals surface area contributed by atoms with Crippen molar-refractivity contribution < 1.29 is 23.8 Å². The third-order valence-electron chi connectivity index (χ3n) is 8.58. The smallest absolute Gasteiger partial charge is 0.306 e. The average molecular weight is 567 g/mol. The molecule has 1 aliphatic heterocycles. The lowest BCUT2D eigenvalue weighted by Gasteiger charge is -2.15. The Balaban J connectivity index is 1.84. The van der Waals surface area contributed by atoms with Gasteiger partial charge in [0.05, 0.1) is 18.8 Å². The van der Waals surface area contributed by atoms with Crippen molar-refractivity contribution in [1.82, 2.24) is 0 Å². The van der Waals surface area contributed by atoms with Crippen LogP contribution in [0.3, 0.4) is 0 Å². The molecule has 40 heavy (non-hydrogen) atoms. The van der Waals surface area contributed by atoms with Crippen molar-refractivity contribution >= 4 is 11.9 Å². The normalized spacial score (nSPS) is 17.9. The van der Waals surface area contributed by atoms with Crippen molar-refractivity contribution in [2.45, 2.75) is 200 Å². The zero-order valence-electron chi connectivity index (χ0n) is 27.0. The van der Waals surface area contributed by atoms with Gasteiger partial charge in [0.2, 0.25) is 0 Å². The van der Waals surface area contributed by atoms with Crippen LogP contribution in [-0.4, -0.2) is 36.9 Å². The number of carbonyl (C=O) groups is 2. The molecule has 0 N–H and O–H groups in total. The van der Waals surface area contributed by atoms with E-state index in [1.54, 1.807) is 0 Å². The molecule has 0 radical (unpaired) electrons. The lowest BCUT2D eigenvalue weighted by molar-refractivity contribution is -0.149. The summed E-state index contributed by atoms with van der Waals surface area (Å²) in [5.74, 6) is 0.523. The molecule has 4 unspecified atom stereocenters. The van der Waals surface area contributed by atoms with Crippen LogP contribution in [0.4, 0.5) is 0 Å². The molecule has 0 aromatic heterocycles. The van der Waals surface area contributed by atoms with Gasteiger partial charge < -0.3 is 14.2 Å². The van der Waals surface area contributed by atoms with Crippen LogP contribution in [0.1, 0.15) is 182 Å². The monoisotopic (exact) mass is 566 g/mol. The Bertz CT molecular complexity index is 607. The number of rotatable bonds is 29. The van der Waals surface area contributed by atoms with Crippen molar-refractivity contribution in [1.29, 1.82) is 0 Å².